The largest absolute Gasteiger partial charge is 0.312 e. The molecule has 1 atom stereocenters. The third-order valence-electron chi connectivity index (χ3n) is 4.35. The van der Waals surface area contributed by atoms with Crippen LogP contribution in [0.1, 0.15) is 36.8 Å². The number of benzene rings is 1. The first-order valence-electron chi connectivity index (χ1n) is 7.35. The summed E-state index contributed by atoms with van der Waals surface area (Å²) in [7, 11) is 0. The highest BCUT2D eigenvalue weighted by Gasteiger charge is 2.27. The summed E-state index contributed by atoms with van der Waals surface area (Å²) in [6.45, 7) is 5.81. The zero-order chi connectivity index (χ0) is 12.4. The normalized spacial score (nSPS) is 24.6. The Labute approximate surface area is 110 Å². The number of hydrogen-bond acceptors (Lipinski definition) is 2. The first-order valence-corrected chi connectivity index (χ1v) is 7.35. The van der Waals surface area contributed by atoms with Crippen LogP contribution < -0.4 is 5.32 Å². The van der Waals surface area contributed by atoms with Crippen molar-refractivity contribution in [2.75, 3.05) is 13.1 Å². The van der Waals surface area contributed by atoms with Crippen LogP contribution in [0.25, 0.3) is 0 Å². The third kappa shape index (κ3) is 2.93. The highest BCUT2D eigenvalue weighted by Crippen LogP contribution is 2.23. The Morgan fingerprint density at radius 3 is 2.83 bits per heavy atom. The minimum Gasteiger partial charge on any atom is -0.312 e. The quantitative estimate of drug-likeness (QED) is 0.856. The van der Waals surface area contributed by atoms with E-state index in [1.807, 2.05) is 0 Å². The van der Waals surface area contributed by atoms with Gasteiger partial charge in [-0.1, -0.05) is 24.3 Å². The van der Waals surface area contributed by atoms with Crippen molar-refractivity contribution < 1.29 is 0 Å². The van der Waals surface area contributed by atoms with Gasteiger partial charge in [-0.05, 0) is 50.3 Å². The van der Waals surface area contributed by atoms with Crippen molar-refractivity contribution >= 4 is 0 Å². The van der Waals surface area contributed by atoms with Crippen molar-refractivity contribution in [1.29, 1.82) is 0 Å². The Bertz CT molecular complexity index is 398. The fourth-order valence-electron chi connectivity index (χ4n) is 2.93. The van der Waals surface area contributed by atoms with Crippen LogP contribution in [0.5, 0.6) is 0 Å². The molecule has 1 unspecified atom stereocenters. The van der Waals surface area contributed by atoms with Crippen LogP contribution in [0.15, 0.2) is 24.3 Å². The van der Waals surface area contributed by atoms with Crippen LogP contribution in [-0.2, 0) is 6.54 Å². The fraction of sp³-hybridized carbons (Fsp3) is 0.625. The first-order chi connectivity index (χ1) is 8.83. The van der Waals surface area contributed by atoms with Gasteiger partial charge in [-0.2, -0.15) is 0 Å². The number of likely N-dealkylation sites (tertiary alicyclic amines) is 1. The minimum absolute atomic E-state index is 0.755. The predicted molar refractivity (Wildman–Crippen MR) is 75.6 cm³/mol. The number of nitrogens with zero attached hydrogens (tertiary/aromatic N) is 1. The van der Waals surface area contributed by atoms with Gasteiger partial charge >= 0.3 is 0 Å². The lowest BCUT2D eigenvalue weighted by molar-refractivity contribution is 0.238. The highest BCUT2D eigenvalue weighted by atomic mass is 15.2. The zero-order valence-electron chi connectivity index (χ0n) is 11.4. The van der Waals surface area contributed by atoms with E-state index >= 15 is 0 Å². The SMILES string of the molecule is Cc1ccccc1CN1CCCC1CNC1CC1. The monoisotopic (exact) mass is 244 g/mol. The van der Waals surface area contributed by atoms with Crippen molar-refractivity contribution in [3.05, 3.63) is 35.4 Å². The summed E-state index contributed by atoms with van der Waals surface area (Å²) in [5.41, 5.74) is 2.93. The molecule has 0 bridgehead atoms. The van der Waals surface area contributed by atoms with E-state index < -0.39 is 0 Å². The van der Waals surface area contributed by atoms with E-state index in [4.69, 9.17) is 0 Å². The fourth-order valence-corrected chi connectivity index (χ4v) is 2.93. The maximum absolute atomic E-state index is 3.69. The molecule has 0 spiro atoms. The molecule has 2 aliphatic rings. The summed E-state index contributed by atoms with van der Waals surface area (Å²) in [5.74, 6) is 0. The van der Waals surface area contributed by atoms with Gasteiger partial charge in [0.25, 0.3) is 0 Å². The number of rotatable bonds is 5. The average Bonchev–Trinajstić information content (AvgIpc) is 3.10. The molecule has 1 N–H and O–H groups in total. The lowest BCUT2D eigenvalue weighted by Crippen LogP contribution is -2.38. The van der Waals surface area contributed by atoms with Gasteiger partial charge in [0.2, 0.25) is 0 Å². The Balaban J connectivity index is 1.58. The van der Waals surface area contributed by atoms with Gasteiger partial charge in [0.15, 0.2) is 0 Å². The van der Waals surface area contributed by atoms with E-state index in [1.165, 1.54) is 49.9 Å². The molecule has 2 fully saturated rings. The standard InChI is InChI=1S/C16H24N2/c1-13-5-2-3-6-14(13)12-18-10-4-7-16(18)11-17-15-8-9-15/h2-3,5-6,15-17H,4,7-12H2,1H3. The van der Waals surface area contributed by atoms with E-state index in [9.17, 15) is 0 Å². The maximum atomic E-state index is 3.69. The maximum Gasteiger partial charge on any atom is 0.0239 e. The lowest BCUT2D eigenvalue weighted by Gasteiger charge is -2.25. The van der Waals surface area contributed by atoms with Gasteiger partial charge in [0.1, 0.15) is 0 Å². The van der Waals surface area contributed by atoms with Crippen molar-refractivity contribution in [3.63, 3.8) is 0 Å². The summed E-state index contributed by atoms with van der Waals surface area (Å²) in [4.78, 5) is 2.66. The summed E-state index contributed by atoms with van der Waals surface area (Å²) in [5, 5.41) is 3.69. The summed E-state index contributed by atoms with van der Waals surface area (Å²) in [6.07, 6.45) is 5.52. The van der Waals surface area contributed by atoms with Gasteiger partial charge in [0.05, 0.1) is 0 Å². The molecule has 18 heavy (non-hydrogen) atoms. The molecule has 2 nitrogen and oxygen atoms in total. The third-order valence-corrected chi connectivity index (χ3v) is 4.35. The van der Waals surface area contributed by atoms with E-state index in [-0.39, 0.29) is 0 Å². The summed E-state index contributed by atoms with van der Waals surface area (Å²) >= 11 is 0. The van der Waals surface area contributed by atoms with Gasteiger partial charge in [0, 0.05) is 25.2 Å². The van der Waals surface area contributed by atoms with Crippen LogP contribution in [0.2, 0.25) is 0 Å². The van der Waals surface area contributed by atoms with E-state index in [2.05, 4.69) is 41.4 Å². The van der Waals surface area contributed by atoms with Gasteiger partial charge in [-0.3, -0.25) is 4.90 Å². The average molecular weight is 244 g/mol. The van der Waals surface area contributed by atoms with Crippen LogP contribution in [0.4, 0.5) is 0 Å². The molecule has 1 aromatic carbocycles. The molecule has 0 amide bonds. The van der Waals surface area contributed by atoms with Crippen molar-refractivity contribution in [2.45, 2.75) is 51.2 Å². The second-order valence-corrected chi connectivity index (χ2v) is 5.88. The Kier molecular flexibility index (Phi) is 3.67. The molecule has 2 heteroatoms. The molecule has 1 saturated heterocycles. The van der Waals surface area contributed by atoms with E-state index in [0.717, 1.165) is 18.6 Å². The number of nitrogens with one attached hydrogen (secondary N) is 1. The van der Waals surface area contributed by atoms with Crippen molar-refractivity contribution in [3.8, 4) is 0 Å². The minimum atomic E-state index is 0.755. The van der Waals surface area contributed by atoms with Gasteiger partial charge < -0.3 is 5.32 Å². The Hall–Kier alpha value is -0.860. The Morgan fingerprint density at radius 1 is 1.22 bits per heavy atom. The molecule has 1 saturated carbocycles. The van der Waals surface area contributed by atoms with E-state index in [0.29, 0.717) is 0 Å². The molecule has 1 heterocycles. The van der Waals surface area contributed by atoms with Crippen LogP contribution >= 0.6 is 0 Å². The summed E-state index contributed by atoms with van der Waals surface area (Å²) in [6, 6.07) is 10.4. The van der Waals surface area contributed by atoms with Crippen molar-refractivity contribution in [1.82, 2.24) is 10.2 Å². The molecule has 0 radical (unpaired) electrons. The van der Waals surface area contributed by atoms with Crippen LogP contribution in [-0.4, -0.2) is 30.1 Å². The van der Waals surface area contributed by atoms with Crippen LogP contribution in [0, 0.1) is 6.92 Å². The van der Waals surface area contributed by atoms with Gasteiger partial charge in [-0.15, -0.1) is 0 Å². The Morgan fingerprint density at radius 2 is 2.06 bits per heavy atom. The molecule has 0 aromatic heterocycles. The molecular formula is C16H24N2. The smallest absolute Gasteiger partial charge is 0.0239 e. The second kappa shape index (κ2) is 5.41. The molecule has 98 valence electrons. The number of hydrogen-bond donors (Lipinski definition) is 1. The molecule has 1 aliphatic carbocycles. The topological polar surface area (TPSA) is 15.3 Å². The zero-order valence-corrected chi connectivity index (χ0v) is 11.4. The first kappa shape index (κ1) is 12.2. The molecular weight excluding hydrogens is 220 g/mol. The second-order valence-electron chi connectivity index (χ2n) is 5.88. The highest BCUT2D eigenvalue weighted by molar-refractivity contribution is 5.25. The van der Waals surface area contributed by atoms with Gasteiger partial charge in [-0.25, -0.2) is 0 Å². The molecule has 1 aliphatic heterocycles. The molecule has 1 aromatic rings. The predicted octanol–water partition coefficient (Wildman–Crippen LogP) is 2.71. The number of aryl methyl sites for hydroxylation is 1. The lowest BCUT2D eigenvalue weighted by atomic mass is 10.1. The van der Waals surface area contributed by atoms with Crippen molar-refractivity contribution in [2.24, 2.45) is 0 Å². The summed E-state index contributed by atoms with van der Waals surface area (Å²) < 4.78 is 0. The van der Waals surface area contributed by atoms with E-state index in [1.54, 1.807) is 0 Å². The molecule has 3 rings (SSSR count). The van der Waals surface area contributed by atoms with Crippen LogP contribution in [0.3, 0.4) is 0 Å².